The normalized spacial score (nSPS) is 14.7. The number of hydrogen-bond donors (Lipinski definition) is 1. The van der Waals surface area contributed by atoms with Gasteiger partial charge in [0.1, 0.15) is 17.5 Å². The number of nitrogens with zero attached hydrogens (tertiary/aromatic N) is 4. The number of pyridine rings is 2. The highest BCUT2D eigenvalue weighted by Gasteiger charge is 2.20. The van der Waals surface area contributed by atoms with Crippen LogP contribution in [0.5, 0.6) is 0 Å². The van der Waals surface area contributed by atoms with Crippen molar-refractivity contribution in [2.24, 2.45) is 4.99 Å². The van der Waals surface area contributed by atoms with Crippen LogP contribution in [0.3, 0.4) is 0 Å². The number of aliphatic imine (C=N–C) groups is 1. The number of aromatic nitrogens is 2. The highest BCUT2D eigenvalue weighted by Crippen LogP contribution is 2.38. The molecule has 1 fully saturated rings. The van der Waals surface area contributed by atoms with Gasteiger partial charge < -0.3 is 15.0 Å². The molecule has 2 aromatic heterocycles. The van der Waals surface area contributed by atoms with Gasteiger partial charge in [-0.3, -0.25) is 4.99 Å². The molecule has 0 radical (unpaired) electrons. The average Bonchev–Trinajstić information content (AvgIpc) is 2.83. The summed E-state index contributed by atoms with van der Waals surface area (Å²) in [6.07, 6.45) is 7.11. The Bertz CT molecular complexity index is 1300. The van der Waals surface area contributed by atoms with Crippen molar-refractivity contribution >= 4 is 56.4 Å². The third-order valence-corrected chi connectivity index (χ3v) is 6.17. The van der Waals surface area contributed by atoms with E-state index in [4.69, 9.17) is 4.74 Å². The van der Waals surface area contributed by atoms with Crippen molar-refractivity contribution in [3.8, 4) is 0 Å². The van der Waals surface area contributed by atoms with E-state index < -0.39 is 11.6 Å². The van der Waals surface area contributed by atoms with Gasteiger partial charge >= 0.3 is 0 Å². The van der Waals surface area contributed by atoms with E-state index in [1.807, 2.05) is 32.1 Å². The molecular weight excluding hydrogens is 504 g/mol. The first kappa shape index (κ1) is 24.0. The number of morpholine rings is 1. The molecule has 0 saturated carbocycles. The highest BCUT2D eigenvalue weighted by molar-refractivity contribution is 9.10. The quantitative estimate of drug-likeness (QED) is 0.306. The molecule has 1 aromatic carbocycles. The molecule has 0 unspecified atom stereocenters. The molecule has 3 heterocycles. The van der Waals surface area contributed by atoms with Crippen LogP contribution in [-0.2, 0) is 4.74 Å². The number of anilines is 3. The lowest BCUT2D eigenvalue weighted by molar-refractivity contribution is 0.122. The van der Waals surface area contributed by atoms with Crippen LogP contribution < -0.4 is 10.2 Å². The minimum absolute atomic E-state index is 0.175. The van der Waals surface area contributed by atoms with Crippen molar-refractivity contribution in [2.45, 2.75) is 13.8 Å². The van der Waals surface area contributed by atoms with Gasteiger partial charge in [-0.2, -0.15) is 0 Å². The lowest BCUT2D eigenvalue weighted by Gasteiger charge is -2.28. The first-order valence-corrected chi connectivity index (χ1v) is 11.6. The maximum Gasteiger partial charge on any atom is 0.137 e. The van der Waals surface area contributed by atoms with Gasteiger partial charge in [-0.25, -0.2) is 18.7 Å². The molecule has 34 heavy (non-hydrogen) atoms. The molecule has 6 nitrogen and oxygen atoms in total. The van der Waals surface area contributed by atoms with Crippen LogP contribution in [0.15, 0.2) is 52.1 Å². The lowest BCUT2D eigenvalue weighted by atomic mass is 10.0. The van der Waals surface area contributed by atoms with Gasteiger partial charge in [0.25, 0.3) is 0 Å². The van der Waals surface area contributed by atoms with Gasteiger partial charge in [0, 0.05) is 43.0 Å². The predicted molar refractivity (Wildman–Crippen MR) is 137 cm³/mol. The fourth-order valence-corrected chi connectivity index (χ4v) is 4.14. The molecular formula is C25H24BrF2N5O. The maximum absolute atomic E-state index is 15.1. The molecule has 1 saturated heterocycles. The third kappa shape index (κ3) is 4.85. The van der Waals surface area contributed by atoms with Crippen LogP contribution >= 0.6 is 15.9 Å². The molecule has 0 bridgehead atoms. The second-order valence-electron chi connectivity index (χ2n) is 7.72. The van der Waals surface area contributed by atoms with E-state index in [2.05, 4.69) is 47.8 Å². The summed E-state index contributed by atoms with van der Waals surface area (Å²) < 4.78 is 35.3. The first-order chi connectivity index (χ1) is 16.4. The highest BCUT2D eigenvalue weighted by atomic mass is 79.9. The average molecular weight is 528 g/mol. The molecule has 1 aliphatic rings. The van der Waals surface area contributed by atoms with E-state index in [1.165, 1.54) is 6.07 Å². The van der Waals surface area contributed by atoms with Gasteiger partial charge in [-0.1, -0.05) is 12.2 Å². The fourth-order valence-electron chi connectivity index (χ4n) is 3.83. The van der Waals surface area contributed by atoms with Crippen molar-refractivity contribution in [1.29, 1.82) is 0 Å². The van der Waals surface area contributed by atoms with Crippen LogP contribution in [0.1, 0.15) is 18.2 Å². The number of ether oxygens (including phenoxy) is 1. The van der Waals surface area contributed by atoms with E-state index in [0.717, 1.165) is 25.0 Å². The van der Waals surface area contributed by atoms with Crippen LogP contribution in [0, 0.1) is 18.6 Å². The summed E-state index contributed by atoms with van der Waals surface area (Å²) in [7, 11) is 0. The van der Waals surface area contributed by atoms with Crippen LogP contribution in [0.25, 0.3) is 16.6 Å². The molecule has 3 aromatic rings. The molecule has 176 valence electrons. The van der Waals surface area contributed by atoms with Crippen molar-refractivity contribution < 1.29 is 13.5 Å². The van der Waals surface area contributed by atoms with Crippen molar-refractivity contribution in [1.82, 2.24) is 9.97 Å². The number of allylic oxidation sites excluding steroid dienone is 3. The van der Waals surface area contributed by atoms with E-state index in [0.29, 0.717) is 46.0 Å². The van der Waals surface area contributed by atoms with Crippen molar-refractivity contribution in [2.75, 3.05) is 36.5 Å². The summed E-state index contributed by atoms with van der Waals surface area (Å²) in [5.41, 5.74) is 2.95. The summed E-state index contributed by atoms with van der Waals surface area (Å²) >= 11 is 3.54. The third-order valence-electron chi connectivity index (χ3n) is 5.54. The summed E-state index contributed by atoms with van der Waals surface area (Å²) in [4.78, 5) is 15.3. The standard InChI is InChI=1S/C25H24BrF2N5O/c1-4-5-6-19(29-3)24-15(2)25(23-18(28)11-16(27)12-21(23)32-24)31-20-13-22(30-14-17(20)26)33-7-9-34-10-8-33/h4-6,11-14H,3,7-10H2,1-2H3,(H,30,31,32)/b5-4-,19-6-. The Labute approximate surface area is 205 Å². The fraction of sp³-hybridized carbons (Fsp3) is 0.240. The number of benzene rings is 1. The second-order valence-corrected chi connectivity index (χ2v) is 8.58. The number of hydrogen-bond acceptors (Lipinski definition) is 6. The Morgan fingerprint density at radius 1 is 1.26 bits per heavy atom. The molecule has 4 rings (SSSR count). The number of nitrogens with one attached hydrogen (secondary N) is 1. The zero-order chi connectivity index (χ0) is 24.2. The monoisotopic (exact) mass is 527 g/mol. The smallest absolute Gasteiger partial charge is 0.137 e. The SMILES string of the molecule is C=N/C(=C\C=C/C)c1nc2cc(F)cc(F)c2c(Nc2cc(N3CCOCC3)ncc2Br)c1C. The molecule has 0 atom stereocenters. The maximum atomic E-state index is 15.1. The Balaban J connectivity index is 1.89. The first-order valence-electron chi connectivity index (χ1n) is 10.8. The van der Waals surface area contributed by atoms with Crippen molar-refractivity contribution in [3.63, 3.8) is 0 Å². The van der Waals surface area contributed by atoms with Crippen molar-refractivity contribution in [3.05, 3.63) is 70.0 Å². The Hall–Kier alpha value is -3.17. The van der Waals surface area contributed by atoms with Gasteiger partial charge in [0.2, 0.25) is 0 Å². The van der Waals surface area contributed by atoms with Gasteiger partial charge in [-0.15, -0.1) is 0 Å². The summed E-state index contributed by atoms with van der Waals surface area (Å²) in [6, 6.07) is 3.96. The molecule has 1 N–H and O–H groups in total. The summed E-state index contributed by atoms with van der Waals surface area (Å²) in [6.45, 7) is 10.1. The minimum Gasteiger partial charge on any atom is -0.378 e. The lowest BCUT2D eigenvalue weighted by Crippen LogP contribution is -2.36. The number of halogens is 3. The summed E-state index contributed by atoms with van der Waals surface area (Å²) in [5, 5.41) is 3.53. The van der Waals surface area contributed by atoms with E-state index >= 15 is 4.39 Å². The number of fused-ring (bicyclic) bond motifs is 1. The van der Waals surface area contributed by atoms with Gasteiger partial charge in [0.05, 0.1) is 51.4 Å². The molecule has 1 aliphatic heterocycles. The van der Waals surface area contributed by atoms with Gasteiger partial charge in [-0.05, 0) is 42.6 Å². The van der Waals surface area contributed by atoms with E-state index in [-0.39, 0.29) is 10.9 Å². The van der Waals surface area contributed by atoms with Crippen LogP contribution in [0.4, 0.5) is 26.0 Å². The minimum atomic E-state index is -0.705. The number of rotatable bonds is 6. The Morgan fingerprint density at radius 3 is 2.74 bits per heavy atom. The van der Waals surface area contributed by atoms with Crippen LogP contribution in [-0.4, -0.2) is 43.0 Å². The van der Waals surface area contributed by atoms with E-state index in [9.17, 15) is 4.39 Å². The largest absolute Gasteiger partial charge is 0.378 e. The second kappa shape index (κ2) is 10.4. The zero-order valence-electron chi connectivity index (χ0n) is 18.9. The molecule has 9 heteroatoms. The van der Waals surface area contributed by atoms with Gasteiger partial charge in [0.15, 0.2) is 0 Å². The molecule has 0 amide bonds. The Kier molecular flexibility index (Phi) is 7.33. The zero-order valence-corrected chi connectivity index (χ0v) is 20.5. The van der Waals surface area contributed by atoms with E-state index in [1.54, 1.807) is 12.3 Å². The Morgan fingerprint density at radius 2 is 2.03 bits per heavy atom. The topological polar surface area (TPSA) is 62.6 Å². The summed E-state index contributed by atoms with van der Waals surface area (Å²) in [5.74, 6) is -0.634. The molecule has 0 aliphatic carbocycles. The predicted octanol–water partition coefficient (Wildman–Crippen LogP) is 6.18. The van der Waals surface area contributed by atoms with Crippen LogP contribution in [0.2, 0.25) is 0 Å². The molecule has 0 spiro atoms.